The number of halogens is 1. The van der Waals surface area contributed by atoms with Gasteiger partial charge in [-0.05, 0) is 5.56 Å². The molecule has 72 valence electrons. The number of rotatable bonds is 1. The van der Waals surface area contributed by atoms with Gasteiger partial charge in [-0.1, -0.05) is 30.3 Å². The van der Waals surface area contributed by atoms with E-state index in [0.717, 1.165) is 5.56 Å². The highest BCUT2D eigenvalue weighted by Crippen LogP contribution is 2.30. The van der Waals surface area contributed by atoms with Gasteiger partial charge in [0, 0.05) is 18.2 Å². The molecule has 1 aliphatic rings. The highest BCUT2D eigenvalue weighted by molar-refractivity contribution is 6.33. The zero-order chi connectivity index (χ0) is 10.1. The molecule has 1 heterocycles. The van der Waals surface area contributed by atoms with E-state index in [4.69, 9.17) is 11.8 Å². The largest absolute Gasteiger partial charge is 0.273 e. The van der Waals surface area contributed by atoms with Crippen LogP contribution < -0.4 is 0 Å². The summed E-state index contributed by atoms with van der Waals surface area (Å²) >= 11 is 5.49. The summed E-state index contributed by atoms with van der Waals surface area (Å²) < 4.78 is 0.678. The monoisotopic (exact) mass is 209 g/mol. The summed E-state index contributed by atoms with van der Waals surface area (Å²) in [5, 5.41) is 0. The van der Waals surface area contributed by atoms with Crippen LogP contribution in [0.3, 0.4) is 0 Å². The maximum atomic E-state index is 11.5. The van der Waals surface area contributed by atoms with E-state index in [1.165, 1.54) is 0 Å². The molecule has 0 radical (unpaired) electrons. The number of imide groups is 1. The fraction of sp³-hybridized carbons (Fsp3) is 0.200. The van der Waals surface area contributed by atoms with E-state index in [0.29, 0.717) is 4.42 Å². The molecule has 1 aliphatic heterocycles. The summed E-state index contributed by atoms with van der Waals surface area (Å²) in [7, 11) is 0. The van der Waals surface area contributed by atoms with Crippen LogP contribution in [0.4, 0.5) is 0 Å². The number of hydrogen-bond acceptors (Lipinski definition) is 2. The average Bonchev–Trinajstić information content (AvgIpc) is 2.47. The lowest BCUT2D eigenvalue weighted by atomic mass is 9.98. The van der Waals surface area contributed by atoms with Crippen LogP contribution in [0.5, 0.6) is 0 Å². The summed E-state index contributed by atoms with van der Waals surface area (Å²) in [5.74, 6) is -1.06. The van der Waals surface area contributed by atoms with E-state index in [9.17, 15) is 9.59 Å². The summed E-state index contributed by atoms with van der Waals surface area (Å²) in [5.41, 5.74) is 0.842. The molecule has 1 saturated heterocycles. The molecule has 2 amide bonds. The second-order valence-corrected chi connectivity index (χ2v) is 3.52. The number of amides is 2. The molecule has 0 spiro atoms. The van der Waals surface area contributed by atoms with Gasteiger partial charge in [-0.3, -0.25) is 9.59 Å². The van der Waals surface area contributed by atoms with Gasteiger partial charge in [0.1, 0.15) is 0 Å². The highest BCUT2D eigenvalue weighted by Gasteiger charge is 2.38. The quantitative estimate of drug-likeness (QED) is 0.521. The molecule has 1 aromatic carbocycles. The standard InChI is InChI=1S/C10H8ClNO2/c11-12-9(13)6-8(10(12)14)7-4-2-1-3-5-7/h1-5,8H,6H2. The number of hydrogen-bond donors (Lipinski definition) is 0. The Kier molecular flexibility index (Phi) is 2.25. The van der Waals surface area contributed by atoms with Crippen molar-refractivity contribution in [1.29, 1.82) is 0 Å². The second-order valence-electron chi connectivity index (χ2n) is 3.18. The molecule has 0 aliphatic carbocycles. The molecule has 0 N–H and O–H groups in total. The van der Waals surface area contributed by atoms with Crippen LogP contribution >= 0.6 is 11.8 Å². The minimum absolute atomic E-state index is 0.173. The Labute approximate surface area is 86.4 Å². The minimum Gasteiger partial charge on any atom is -0.273 e. The molecule has 0 saturated carbocycles. The number of carbonyl (C=O) groups excluding carboxylic acids is 2. The summed E-state index contributed by atoms with van der Waals surface area (Å²) in [6, 6.07) is 9.19. The van der Waals surface area contributed by atoms with Gasteiger partial charge in [0.15, 0.2) is 0 Å². The lowest BCUT2D eigenvalue weighted by Gasteiger charge is -2.06. The molecule has 1 fully saturated rings. The fourth-order valence-corrected chi connectivity index (χ4v) is 1.73. The van der Waals surface area contributed by atoms with Crippen molar-refractivity contribution in [2.45, 2.75) is 12.3 Å². The van der Waals surface area contributed by atoms with Gasteiger partial charge < -0.3 is 0 Å². The van der Waals surface area contributed by atoms with E-state index in [1.54, 1.807) is 0 Å². The van der Waals surface area contributed by atoms with Crippen LogP contribution in [0.2, 0.25) is 0 Å². The van der Waals surface area contributed by atoms with Gasteiger partial charge in [0.25, 0.3) is 5.91 Å². The third-order valence-electron chi connectivity index (χ3n) is 2.29. The number of benzene rings is 1. The van der Waals surface area contributed by atoms with Crippen molar-refractivity contribution < 1.29 is 9.59 Å². The molecule has 4 heteroatoms. The Morgan fingerprint density at radius 1 is 1.21 bits per heavy atom. The first-order chi connectivity index (χ1) is 6.70. The molecular weight excluding hydrogens is 202 g/mol. The first kappa shape index (κ1) is 9.21. The van der Waals surface area contributed by atoms with E-state index < -0.39 is 5.92 Å². The zero-order valence-corrected chi connectivity index (χ0v) is 8.07. The SMILES string of the molecule is O=C1CC(c2ccccc2)C(=O)N1Cl. The molecular formula is C10H8ClNO2. The van der Waals surface area contributed by atoms with Crippen molar-refractivity contribution in [2.75, 3.05) is 0 Å². The van der Waals surface area contributed by atoms with Crippen LogP contribution in [0.15, 0.2) is 30.3 Å². The molecule has 3 nitrogen and oxygen atoms in total. The highest BCUT2D eigenvalue weighted by atomic mass is 35.5. The Hall–Kier alpha value is -1.35. The number of carbonyl (C=O) groups is 2. The van der Waals surface area contributed by atoms with Crippen LogP contribution in [-0.2, 0) is 9.59 Å². The first-order valence-corrected chi connectivity index (χ1v) is 4.61. The predicted molar refractivity (Wildman–Crippen MR) is 51.5 cm³/mol. The van der Waals surface area contributed by atoms with Gasteiger partial charge in [0.05, 0.1) is 5.92 Å². The van der Waals surface area contributed by atoms with Crippen molar-refractivity contribution in [3.63, 3.8) is 0 Å². The van der Waals surface area contributed by atoms with Crippen molar-refractivity contribution in [2.24, 2.45) is 0 Å². The third kappa shape index (κ3) is 1.40. The van der Waals surface area contributed by atoms with Crippen molar-refractivity contribution in [3.8, 4) is 0 Å². The molecule has 0 bridgehead atoms. The summed E-state index contributed by atoms with van der Waals surface area (Å²) in [6.45, 7) is 0. The van der Waals surface area contributed by atoms with Crippen molar-refractivity contribution in [1.82, 2.24) is 4.42 Å². The molecule has 1 unspecified atom stereocenters. The van der Waals surface area contributed by atoms with Crippen LogP contribution in [0.1, 0.15) is 17.9 Å². The van der Waals surface area contributed by atoms with Crippen LogP contribution in [0, 0.1) is 0 Å². The Bertz CT molecular complexity index is 377. The lowest BCUT2D eigenvalue weighted by molar-refractivity contribution is -0.132. The normalized spacial score (nSPS) is 21.8. The molecule has 14 heavy (non-hydrogen) atoms. The Morgan fingerprint density at radius 2 is 1.86 bits per heavy atom. The maximum absolute atomic E-state index is 11.5. The fourth-order valence-electron chi connectivity index (χ4n) is 1.55. The third-order valence-corrected chi connectivity index (χ3v) is 2.65. The van der Waals surface area contributed by atoms with Crippen LogP contribution in [0.25, 0.3) is 0 Å². The number of nitrogens with zero attached hydrogens (tertiary/aromatic N) is 1. The minimum atomic E-state index is -0.402. The van der Waals surface area contributed by atoms with Gasteiger partial charge in [-0.2, -0.15) is 4.42 Å². The molecule has 1 aromatic rings. The Morgan fingerprint density at radius 3 is 2.36 bits per heavy atom. The first-order valence-electron chi connectivity index (χ1n) is 4.27. The summed E-state index contributed by atoms with van der Waals surface area (Å²) in [6.07, 6.45) is 0.173. The topological polar surface area (TPSA) is 37.4 Å². The zero-order valence-electron chi connectivity index (χ0n) is 7.31. The molecule has 0 aromatic heterocycles. The van der Waals surface area contributed by atoms with Crippen molar-refractivity contribution >= 4 is 23.6 Å². The summed E-state index contributed by atoms with van der Waals surface area (Å²) in [4.78, 5) is 22.6. The van der Waals surface area contributed by atoms with Gasteiger partial charge >= 0.3 is 0 Å². The van der Waals surface area contributed by atoms with Crippen molar-refractivity contribution in [3.05, 3.63) is 35.9 Å². The smallest absolute Gasteiger partial charge is 0.252 e. The Balaban J connectivity index is 2.30. The van der Waals surface area contributed by atoms with E-state index in [-0.39, 0.29) is 18.2 Å². The van der Waals surface area contributed by atoms with E-state index in [2.05, 4.69) is 0 Å². The molecule has 1 atom stereocenters. The van der Waals surface area contributed by atoms with Crippen LogP contribution in [-0.4, -0.2) is 16.2 Å². The van der Waals surface area contributed by atoms with E-state index in [1.807, 2.05) is 30.3 Å². The molecule has 2 rings (SSSR count). The maximum Gasteiger partial charge on any atom is 0.252 e. The average molecular weight is 210 g/mol. The van der Waals surface area contributed by atoms with E-state index >= 15 is 0 Å². The second kappa shape index (κ2) is 3.42. The van der Waals surface area contributed by atoms with Gasteiger partial charge in [-0.25, -0.2) is 0 Å². The van der Waals surface area contributed by atoms with Gasteiger partial charge in [0.2, 0.25) is 5.91 Å². The van der Waals surface area contributed by atoms with Gasteiger partial charge in [-0.15, -0.1) is 0 Å². The lowest BCUT2D eigenvalue weighted by Crippen LogP contribution is -2.19. The predicted octanol–water partition coefficient (Wildman–Crippen LogP) is 1.68.